The first-order chi connectivity index (χ1) is 13.2. The zero-order chi connectivity index (χ0) is 20.5. The number of Topliss-reactive ketones (excluding diaryl/α,β-unsaturated/α-hetero) is 1. The number of urea groups is 1. The summed E-state index contributed by atoms with van der Waals surface area (Å²) in [6, 6.07) is 8.85. The standard InChI is InChI=1S/C20H21N3O5/c1-12(2)17(25)21-14-8-6-13(7-9-14)15(24)11-23-18(26)20(3,22-19(23)27)16-5-4-10-28-16/h4-10,12H,11H2,1-3H3,(H,21,25)(H,22,27)/t20-/m1/s1. The second-order valence-electron chi connectivity index (χ2n) is 7.07. The second kappa shape index (κ2) is 7.30. The van der Waals surface area contributed by atoms with Crippen molar-refractivity contribution in [2.45, 2.75) is 26.3 Å². The third kappa shape index (κ3) is 3.53. The third-order valence-corrected chi connectivity index (χ3v) is 4.59. The Labute approximate surface area is 161 Å². The Morgan fingerprint density at radius 3 is 2.43 bits per heavy atom. The van der Waals surface area contributed by atoms with Crippen molar-refractivity contribution < 1.29 is 23.6 Å². The molecule has 0 bridgehead atoms. The number of hydrogen-bond donors (Lipinski definition) is 2. The molecule has 0 aliphatic carbocycles. The first-order valence-corrected chi connectivity index (χ1v) is 8.84. The number of hydrogen-bond acceptors (Lipinski definition) is 5. The van der Waals surface area contributed by atoms with Gasteiger partial charge in [-0.25, -0.2) is 4.79 Å². The molecule has 3 rings (SSSR count). The highest BCUT2D eigenvalue weighted by Gasteiger charge is 2.51. The average Bonchev–Trinajstić information content (AvgIpc) is 3.27. The van der Waals surface area contributed by atoms with Crippen LogP contribution in [0.25, 0.3) is 0 Å². The largest absolute Gasteiger partial charge is 0.466 e. The Bertz CT molecular complexity index is 918. The Hall–Kier alpha value is -3.42. The second-order valence-corrected chi connectivity index (χ2v) is 7.07. The molecular weight excluding hydrogens is 362 g/mol. The lowest BCUT2D eigenvalue weighted by atomic mass is 9.99. The Kier molecular flexibility index (Phi) is 5.04. The minimum absolute atomic E-state index is 0.129. The van der Waals surface area contributed by atoms with E-state index in [2.05, 4.69) is 10.6 Å². The summed E-state index contributed by atoms with van der Waals surface area (Å²) in [5.41, 5.74) is -0.448. The minimum Gasteiger partial charge on any atom is -0.466 e. The molecule has 0 unspecified atom stereocenters. The summed E-state index contributed by atoms with van der Waals surface area (Å²) in [6.07, 6.45) is 1.41. The summed E-state index contributed by atoms with van der Waals surface area (Å²) >= 11 is 0. The normalized spacial score (nSPS) is 19.1. The quantitative estimate of drug-likeness (QED) is 0.588. The first-order valence-electron chi connectivity index (χ1n) is 8.84. The van der Waals surface area contributed by atoms with Gasteiger partial charge in [-0.3, -0.25) is 19.3 Å². The van der Waals surface area contributed by atoms with E-state index in [1.54, 1.807) is 50.2 Å². The van der Waals surface area contributed by atoms with Gasteiger partial charge >= 0.3 is 6.03 Å². The van der Waals surface area contributed by atoms with E-state index in [1.165, 1.54) is 13.2 Å². The molecule has 1 aliphatic heterocycles. The number of ketones is 1. The molecule has 8 nitrogen and oxygen atoms in total. The van der Waals surface area contributed by atoms with Gasteiger partial charge in [-0.15, -0.1) is 0 Å². The summed E-state index contributed by atoms with van der Waals surface area (Å²) in [5.74, 6) is -0.943. The van der Waals surface area contributed by atoms with E-state index in [-0.39, 0.29) is 11.8 Å². The van der Waals surface area contributed by atoms with Crippen molar-refractivity contribution in [3.63, 3.8) is 0 Å². The molecule has 1 aliphatic rings. The van der Waals surface area contributed by atoms with Gasteiger partial charge in [0.1, 0.15) is 5.76 Å². The van der Waals surface area contributed by atoms with E-state index < -0.39 is 29.8 Å². The molecule has 2 heterocycles. The van der Waals surface area contributed by atoms with Gasteiger partial charge in [-0.2, -0.15) is 0 Å². The summed E-state index contributed by atoms with van der Waals surface area (Å²) < 4.78 is 5.26. The van der Waals surface area contributed by atoms with Crippen LogP contribution in [0.4, 0.5) is 10.5 Å². The molecule has 1 fully saturated rings. The Morgan fingerprint density at radius 1 is 1.18 bits per heavy atom. The van der Waals surface area contributed by atoms with Gasteiger partial charge in [-0.1, -0.05) is 13.8 Å². The maximum Gasteiger partial charge on any atom is 0.325 e. The summed E-state index contributed by atoms with van der Waals surface area (Å²) in [7, 11) is 0. The van der Waals surface area contributed by atoms with Gasteiger partial charge < -0.3 is 15.1 Å². The summed E-state index contributed by atoms with van der Waals surface area (Å²) in [6.45, 7) is 4.70. The number of nitrogens with zero attached hydrogens (tertiary/aromatic N) is 1. The van der Waals surface area contributed by atoms with Gasteiger partial charge in [0.15, 0.2) is 11.3 Å². The first kappa shape index (κ1) is 19.3. The van der Waals surface area contributed by atoms with Crippen molar-refractivity contribution in [1.29, 1.82) is 0 Å². The van der Waals surface area contributed by atoms with Gasteiger partial charge in [0, 0.05) is 17.2 Å². The van der Waals surface area contributed by atoms with Gasteiger partial charge in [0.2, 0.25) is 5.91 Å². The molecule has 1 aromatic heterocycles. The van der Waals surface area contributed by atoms with Gasteiger partial charge in [-0.05, 0) is 43.3 Å². The zero-order valence-corrected chi connectivity index (χ0v) is 15.8. The van der Waals surface area contributed by atoms with E-state index in [4.69, 9.17) is 4.42 Å². The number of benzene rings is 1. The summed E-state index contributed by atoms with van der Waals surface area (Å²) in [4.78, 5) is 50.1. The van der Waals surface area contributed by atoms with Crippen LogP contribution in [0.5, 0.6) is 0 Å². The summed E-state index contributed by atoms with van der Waals surface area (Å²) in [5, 5.41) is 5.31. The zero-order valence-electron chi connectivity index (χ0n) is 15.8. The number of carbonyl (C=O) groups excluding carboxylic acids is 4. The molecule has 1 atom stereocenters. The van der Waals surface area contributed by atoms with Crippen molar-refractivity contribution in [1.82, 2.24) is 10.2 Å². The highest BCUT2D eigenvalue weighted by molar-refractivity contribution is 6.11. The molecule has 1 aromatic carbocycles. The number of carbonyl (C=O) groups is 4. The molecule has 146 valence electrons. The molecular formula is C20H21N3O5. The molecule has 4 amide bonds. The lowest BCUT2D eigenvalue weighted by Crippen LogP contribution is -2.41. The molecule has 0 spiro atoms. The molecule has 2 aromatic rings. The fourth-order valence-corrected chi connectivity index (χ4v) is 2.83. The van der Waals surface area contributed by atoms with Crippen LogP contribution >= 0.6 is 0 Å². The van der Waals surface area contributed by atoms with E-state index in [0.717, 1.165) is 4.90 Å². The Balaban J connectivity index is 1.70. The monoisotopic (exact) mass is 383 g/mol. The lowest BCUT2D eigenvalue weighted by Gasteiger charge is -2.18. The van der Waals surface area contributed by atoms with Crippen LogP contribution in [0.2, 0.25) is 0 Å². The van der Waals surface area contributed by atoms with Crippen molar-refractivity contribution in [2.75, 3.05) is 11.9 Å². The lowest BCUT2D eigenvalue weighted by molar-refractivity contribution is -0.131. The van der Waals surface area contributed by atoms with Crippen molar-refractivity contribution in [2.24, 2.45) is 5.92 Å². The highest BCUT2D eigenvalue weighted by Crippen LogP contribution is 2.29. The predicted molar refractivity (Wildman–Crippen MR) is 101 cm³/mol. The maximum atomic E-state index is 12.7. The van der Waals surface area contributed by atoms with Crippen LogP contribution in [0, 0.1) is 5.92 Å². The molecule has 0 radical (unpaired) electrons. The smallest absolute Gasteiger partial charge is 0.325 e. The average molecular weight is 383 g/mol. The predicted octanol–water partition coefficient (Wildman–Crippen LogP) is 2.52. The number of nitrogens with one attached hydrogen (secondary N) is 2. The highest BCUT2D eigenvalue weighted by atomic mass is 16.3. The number of furan rings is 1. The van der Waals surface area contributed by atoms with Crippen LogP contribution in [-0.2, 0) is 15.1 Å². The maximum absolute atomic E-state index is 12.7. The minimum atomic E-state index is -1.34. The number of anilines is 1. The van der Waals surface area contributed by atoms with E-state index in [9.17, 15) is 19.2 Å². The SMILES string of the molecule is CC(C)C(=O)Nc1ccc(C(=O)CN2C(=O)N[C@](C)(c3ccco3)C2=O)cc1. The van der Waals surface area contributed by atoms with Crippen LogP contribution in [-0.4, -0.2) is 35.1 Å². The van der Waals surface area contributed by atoms with Crippen LogP contribution in [0.1, 0.15) is 36.9 Å². The van der Waals surface area contributed by atoms with Crippen LogP contribution in [0.15, 0.2) is 47.1 Å². The van der Waals surface area contributed by atoms with Crippen LogP contribution in [0.3, 0.4) is 0 Å². The van der Waals surface area contributed by atoms with E-state index in [0.29, 0.717) is 17.0 Å². The fraction of sp³-hybridized carbons (Fsp3) is 0.300. The molecule has 0 saturated carbocycles. The molecule has 2 N–H and O–H groups in total. The van der Waals surface area contributed by atoms with Crippen molar-refractivity contribution >= 4 is 29.3 Å². The van der Waals surface area contributed by atoms with E-state index >= 15 is 0 Å². The Morgan fingerprint density at radius 2 is 1.86 bits per heavy atom. The van der Waals surface area contributed by atoms with E-state index in [1.807, 2.05) is 0 Å². The third-order valence-electron chi connectivity index (χ3n) is 4.59. The molecule has 28 heavy (non-hydrogen) atoms. The van der Waals surface area contributed by atoms with Crippen molar-refractivity contribution in [3.8, 4) is 0 Å². The number of rotatable bonds is 6. The van der Waals surface area contributed by atoms with Crippen molar-refractivity contribution in [3.05, 3.63) is 54.0 Å². The number of amides is 4. The van der Waals surface area contributed by atoms with Crippen LogP contribution < -0.4 is 10.6 Å². The van der Waals surface area contributed by atoms with Gasteiger partial charge in [0.25, 0.3) is 5.91 Å². The molecule has 8 heteroatoms. The van der Waals surface area contributed by atoms with Gasteiger partial charge in [0.05, 0.1) is 12.8 Å². The molecule has 1 saturated heterocycles. The fourth-order valence-electron chi connectivity index (χ4n) is 2.83. The number of imide groups is 1. The topological polar surface area (TPSA) is 109 Å².